The Balaban J connectivity index is 2.13. The van der Waals surface area contributed by atoms with Crippen LogP contribution in [0.1, 0.15) is 16.1 Å². The summed E-state index contributed by atoms with van der Waals surface area (Å²) in [6, 6.07) is 5.68. The van der Waals surface area contributed by atoms with Gasteiger partial charge < -0.3 is 15.2 Å². The molecule has 1 heterocycles. The van der Waals surface area contributed by atoms with E-state index in [2.05, 4.69) is 10.4 Å². The van der Waals surface area contributed by atoms with Gasteiger partial charge in [0, 0.05) is 7.11 Å². The van der Waals surface area contributed by atoms with Crippen LogP contribution < -0.4 is 5.32 Å². The van der Waals surface area contributed by atoms with E-state index in [1.165, 1.54) is 30.1 Å². The van der Waals surface area contributed by atoms with Crippen molar-refractivity contribution in [3.8, 4) is 5.69 Å². The molecular formula is C15H16FN3O4. The number of carboxylic acids is 1. The molecule has 0 saturated heterocycles. The van der Waals surface area contributed by atoms with E-state index in [0.717, 1.165) is 0 Å². The van der Waals surface area contributed by atoms with Gasteiger partial charge in [-0.15, -0.1) is 0 Å². The van der Waals surface area contributed by atoms with Gasteiger partial charge in [0.1, 0.15) is 5.82 Å². The fourth-order valence-corrected chi connectivity index (χ4v) is 2.03. The fraction of sp³-hybridized carbons (Fsp3) is 0.267. The molecule has 0 saturated carbocycles. The molecule has 1 unspecified atom stereocenters. The van der Waals surface area contributed by atoms with Gasteiger partial charge in [-0.3, -0.25) is 4.79 Å². The molecule has 0 bridgehead atoms. The van der Waals surface area contributed by atoms with Gasteiger partial charge in [0.25, 0.3) is 5.91 Å². The Morgan fingerprint density at radius 3 is 2.61 bits per heavy atom. The van der Waals surface area contributed by atoms with Gasteiger partial charge >= 0.3 is 5.97 Å². The van der Waals surface area contributed by atoms with Crippen molar-refractivity contribution in [1.82, 2.24) is 15.1 Å². The predicted molar refractivity (Wildman–Crippen MR) is 79.0 cm³/mol. The van der Waals surface area contributed by atoms with Crippen molar-refractivity contribution < 1.29 is 23.8 Å². The average Bonchev–Trinajstić information content (AvgIpc) is 2.90. The van der Waals surface area contributed by atoms with E-state index in [0.29, 0.717) is 16.9 Å². The number of amides is 1. The number of carbonyl (C=O) groups excluding carboxylic acids is 1. The maximum atomic E-state index is 13.0. The number of carbonyl (C=O) groups is 2. The monoisotopic (exact) mass is 321 g/mol. The number of nitrogens with zero attached hydrogens (tertiary/aromatic N) is 2. The van der Waals surface area contributed by atoms with Gasteiger partial charge in [0.05, 0.1) is 29.7 Å². The topological polar surface area (TPSA) is 93.5 Å². The van der Waals surface area contributed by atoms with Crippen molar-refractivity contribution in [2.24, 2.45) is 0 Å². The van der Waals surface area contributed by atoms with Crippen molar-refractivity contribution in [3.63, 3.8) is 0 Å². The van der Waals surface area contributed by atoms with Crippen LogP contribution in [0.3, 0.4) is 0 Å². The average molecular weight is 321 g/mol. The summed E-state index contributed by atoms with van der Waals surface area (Å²) in [7, 11) is 1.25. The third-order valence-corrected chi connectivity index (χ3v) is 3.33. The Labute approximate surface area is 131 Å². The van der Waals surface area contributed by atoms with E-state index in [1.807, 2.05) is 0 Å². The third-order valence-electron chi connectivity index (χ3n) is 3.33. The van der Waals surface area contributed by atoms with Crippen LogP contribution in [0, 0.1) is 12.7 Å². The largest absolute Gasteiger partial charge is 0.479 e. The highest BCUT2D eigenvalue weighted by molar-refractivity contribution is 5.95. The quantitative estimate of drug-likeness (QED) is 0.832. The fourth-order valence-electron chi connectivity index (χ4n) is 2.03. The predicted octanol–water partition coefficient (Wildman–Crippen LogP) is 1.15. The molecule has 2 rings (SSSR count). The number of benzene rings is 1. The molecular weight excluding hydrogens is 305 g/mol. The third kappa shape index (κ3) is 3.72. The van der Waals surface area contributed by atoms with E-state index in [9.17, 15) is 14.0 Å². The molecule has 0 aliphatic carbocycles. The summed E-state index contributed by atoms with van der Waals surface area (Å²) in [5, 5.41) is 15.5. The minimum absolute atomic E-state index is 0.161. The lowest BCUT2D eigenvalue weighted by atomic mass is 10.2. The summed E-state index contributed by atoms with van der Waals surface area (Å²) in [4.78, 5) is 23.0. The Morgan fingerprint density at radius 1 is 1.39 bits per heavy atom. The van der Waals surface area contributed by atoms with Gasteiger partial charge in [0.15, 0.2) is 6.10 Å². The number of aliphatic carboxylic acids is 1. The van der Waals surface area contributed by atoms with Crippen molar-refractivity contribution in [2.75, 3.05) is 13.7 Å². The number of nitrogens with one attached hydrogen (secondary N) is 1. The van der Waals surface area contributed by atoms with Crippen molar-refractivity contribution >= 4 is 11.9 Å². The van der Waals surface area contributed by atoms with Crippen LogP contribution in [0.15, 0.2) is 30.5 Å². The lowest BCUT2D eigenvalue weighted by molar-refractivity contribution is -0.148. The van der Waals surface area contributed by atoms with Crippen LogP contribution in [0.2, 0.25) is 0 Å². The Morgan fingerprint density at radius 2 is 2.04 bits per heavy atom. The van der Waals surface area contributed by atoms with Gasteiger partial charge in [-0.05, 0) is 31.2 Å². The maximum absolute atomic E-state index is 13.0. The molecule has 2 aromatic rings. The Bertz CT molecular complexity index is 712. The zero-order valence-corrected chi connectivity index (χ0v) is 12.6. The van der Waals surface area contributed by atoms with E-state index in [1.54, 1.807) is 19.1 Å². The highest BCUT2D eigenvalue weighted by Gasteiger charge is 2.20. The first-order valence-electron chi connectivity index (χ1n) is 6.78. The minimum atomic E-state index is -1.16. The van der Waals surface area contributed by atoms with Crippen LogP contribution in [0.25, 0.3) is 5.69 Å². The van der Waals surface area contributed by atoms with Crippen molar-refractivity contribution in [2.45, 2.75) is 13.0 Å². The Kier molecular flexibility index (Phi) is 5.07. The van der Waals surface area contributed by atoms with Crippen LogP contribution in [0.4, 0.5) is 4.39 Å². The lowest BCUT2D eigenvalue weighted by Gasteiger charge is -2.11. The van der Waals surface area contributed by atoms with Crippen molar-refractivity contribution in [3.05, 3.63) is 47.5 Å². The smallest absolute Gasteiger partial charge is 0.334 e. The molecule has 0 spiro atoms. The molecule has 0 fully saturated rings. The van der Waals surface area contributed by atoms with Gasteiger partial charge in [0.2, 0.25) is 0 Å². The van der Waals surface area contributed by atoms with Crippen LogP contribution in [0.5, 0.6) is 0 Å². The second-order valence-electron chi connectivity index (χ2n) is 4.80. The number of aromatic nitrogens is 2. The first kappa shape index (κ1) is 16.6. The normalized spacial score (nSPS) is 12.0. The van der Waals surface area contributed by atoms with Crippen LogP contribution in [-0.4, -0.2) is 46.5 Å². The second kappa shape index (κ2) is 7.01. The second-order valence-corrected chi connectivity index (χ2v) is 4.80. The van der Waals surface area contributed by atoms with Gasteiger partial charge in [-0.2, -0.15) is 5.10 Å². The zero-order valence-electron chi connectivity index (χ0n) is 12.6. The number of methoxy groups -OCH3 is 1. The molecule has 1 atom stereocenters. The summed E-state index contributed by atoms with van der Waals surface area (Å²) >= 11 is 0. The SMILES string of the molecule is COC(CNC(=O)c1cnn(-c2ccc(F)cc2)c1C)C(=O)O. The summed E-state index contributed by atoms with van der Waals surface area (Å²) in [5.74, 6) is -1.98. The maximum Gasteiger partial charge on any atom is 0.334 e. The van der Waals surface area contributed by atoms with E-state index < -0.39 is 18.0 Å². The van der Waals surface area contributed by atoms with Crippen LogP contribution in [-0.2, 0) is 9.53 Å². The number of halogens is 1. The number of carboxylic acid groups (broad SMARTS) is 1. The zero-order chi connectivity index (χ0) is 17.0. The summed E-state index contributed by atoms with van der Waals surface area (Å²) in [6.45, 7) is 1.53. The molecule has 8 heteroatoms. The number of hydrogen-bond acceptors (Lipinski definition) is 4. The Hall–Kier alpha value is -2.74. The van der Waals surface area contributed by atoms with E-state index in [4.69, 9.17) is 9.84 Å². The first-order valence-corrected chi connectivity index (χ1v) is 6.78. The van der Waals surface area contributed by atoms with E-state index >= 15 is 0 Å². The summed E-state index contributed by atoms with van der Waals surface area (Å²) < 4.78 is 19.2. The van der Waals surface area contributed by atoms with Gasteiger partial charge in [-0.1, -0.05) is 0 Å². The summed E-state index contributed by atoms with van der Waals surface area (Å²) in [6.07, 6.45) is 0.253. The molecule has 1 amide bonds. The molecule has 7 nitrogen and oxygen atoms in total. The molecule has 23 heavy (non-hydrogen) atoms. The standard InChI is InChI=1S/C15H16FN3O4/c1-9-12(14(20)17-8-13(23-2)15(21)22)7-18-19(9)11-5-3-10(16)4-6-11/h3-7,13H,8H2,1-2H3,(H,17,20)(H,21,22). The molecule has 0 radical (unpaired) electrons. The highest BCUT2D eigenvalue weighted by Crippen LogP contribution is 2.14. The first-order chi connectivity index (χ1) is 10.9. The lowest BCUT2D eigenvalue weighted by Crippen LogP contribution is -2.37. The van der Waals surface area contributed by atoms with E-state index in [-0.39, 0.29) is 12.4 Å². The molecule has 1 aromatic carbocycles. The summed E-state index contributed by atoms with van der Waals surface area (Å²) in [5.41, 5.74) is 1.47. The van der Waals surface area contributed by atoms with Gasteiger partial charge in [-0.25, -0.2) is 13.9 Å². The molecule has 0 aliphatic rings. The number of ether oxygens (including phenoxy) is 1. The molecule has 1 aromatic heterocycles. The molecule has 122 valence electrons. The molecule has 0 aliphatic heterocycles. The number of rotatable bonds is 6. The molecule has 2 N–H and O–H groups in total. The van der Waals surface area contributed by atoms with Crippen molar-refractivity contribution in [1.29, 1.82) is 0 Å². The number of hydrogen-bond donors (Lipinski definition) is 2. The minimum Gasteiger partial charge on any atom is -0.479 e. The van der Waals surface area contributed by atoms with Crippen LogP contribution >= 0.6 is 0 Å². The highest BCUT2D eigenvalue weighted by atomic mass is 19.1.